The monoisotopic (exact) mass is 300 g/mol. The van der Waals surface area contributed by atoms with Gasteiger partial charge in [0.2, 0.25) is 11.8 Å². The average molecular weight is 300 g/mol. The molecule has 116 valence electrons. The fraction of sp³-hybridized carbons (Fsp3) is 0.294. The predicted molar refractivity (Wildman–Crippen MR) is 83.7 cm³/mol. The summed E-state index contributed by atoms with van der Waals surface area (Å²) in [5, 5.41) is 9.17. The lowest BCUT2D eigenvalue weighted by molar-refractivity contribution is -0.118. The van der Waals surface area contributed by atoms with Crippen LogP contribution in [0.15, 0.2) is 42.6 Å². The Morgan fingerprint density at radius 1 is 1.27 bits per heavy atom. The molecule has 0 bridgehead atoms. The molecule has 0 aliphatic carbocycles. The van der Waals surface area contributed by atoms with E-state index in [2.05, 4.69) is 4.98 Å². The van der Waals surface area contributed by atoms with Crippen molar-refractivity contribution in [3.63, 3.8) is 0 Å². The first kappa shape index (κ1) is 15.8. The first-order valence-electron chi connectivity index (χ1n) is 7.23. The molecule has 5 nitrogen and oxygen atoms in total. The molecule has 1 amide bonds. The number of ether oxygens (including phenoxy) is 1. The quantitative estimate of drug-likeness (QED) is 0.823. The van der Waals surface area contributed by atoms with E-state index < -0.39 is 0 Å². The summed E-state index contributed by atoms with van der Waals surface area (Å²) in [6.07, 6.45) is 3.58. The third kappa shape index (κ3) is 5.09. The van der Waals surface area contributed by atoms with Gasteiger partial charge in [0.25, 0.3) is 0 Å². The highest BCUT2D eigenvalue weighted by Crippen LogP contribution is 2.22. The van der Waals surface area contributed by atoms with E-state index in [4.69, 9.17) is 10.5 Å². The number of pyridine rings is 1. The van der Waals surface area contributed by atoms with E-state index in [1.54, 1.807) is 6.07 Å². The van der Waals surface area contributed by atoms with Gasteiger partial charge in [0.05, 0.1) is 6.20 Å². The van der Waals surface area contributed by atoms with Crippen molar-refractivity contribution in [3.8, 4) is 17.4 Å². The molecule has 2 aromatic rings. The fourth-order valence-electron chi connectivity index (χ4n) is 2.14. The smallest absolute Gasteiger partial charge is 0.219 e. The Morgan fingerprint density at radius 2 is 2.00 bits per heavy atom. The number of aromatic nitrogens is 1. The lowest BCUT2D eigenvalue weighted by atomic mass is 9.98. The topological polar surface area (TPSA) is 85.4 Å². The van der Waals surface area contributed by atoms with E-state index in [0.717, 1.165) is 12.8 Å². The lowest BCUT2D eigenvalue weighted by Gasteiger charge is -2.09. The second-order valence-corrected chi connectivity index (χ2v) is 5.41. The molecule has 2 rings (SSSR count). The third-order valence-corrected chi connectivity index (χ3v) is 3.34. The van der Waals surface area contributed by atoms with Crippen LogP contribution in [0.2, 0.25) is 0 Å². The molecule has 1 aromatic heterocycles. The molecular weight excluding hydrogens is 280 g/mol. The zero-order valence-corrected chi connectivity index (χ0v) is 12.5. The summed E-state index contributed by atoms with van der Waals surface area (Å²) in [5.41, 5.74) is 6.37. The van der Waals surface area contributed by atoms with Gasteiger partial charge < -0.3 is 15.6 Å². The first-order valence-corrected chi connectivity index (χ1v) is 7.23. The van der Waals surface area contributed by atoms with Gasteiger partial charge in [-0.1, -0.05) is 19.1 Å². The Morgan fingerprint density at radius 3 is 2.59 bits per heavy atom. The number of hydrogen-bond donors (Lipinski definition) is 2. The van der Waals surface area contributed by atoms with Gasteiger partial charge in [-0.3, -0.25) is 4.79 Å². The maximum absolute atomic E-state index is 10.8. The Hall–Kier alpha value is -2.56. The number of amides is 1. The number of nitrogens with two attached hydrogens (primary N) is 1. The number of benzene rings is 1. The number of carbonyl (C=O) groups is 1. The Labute approximate surface area is 129 Å². The number of aromatic hydroxyl groups is 1. The minimum atomic E-state index is -0.252. The van der Waals surface area contributed by atoms with E-state index in [9.17, 15) is 9.90 Å². The van der Waals surface area contributed by atoms with Crippen molar-refractivity contribution >= 4 is 5.91 Å². The highest BCUT2D eigenvalue weighted by atomic mass is 16.5. The summed E-state index contributed by atoms with van der Waals surface area (Å²) in [6, 6.07) is 10.9. The molecule has 1 atom stereocenters. The minimum absolute atomic E-state index is 0.104. The number of rotatable bonds is 7. The first-order chi connectivity index (χ1) is 10.5. The highest BCUT2D eigenvalue weighted by Gasteiger charge is 2.06. The van der Waals surface area contributed by atoms with E-state index in [1.165, 1.54) is 17.8 Å². The standard InChI is InChI=1S/C17H20N2O3/c1-12(10-16(18)21)2-3-13-4-7-15(8-5-13)22-17-9-6-14(20)11-19-17/h4-9,11-12,20H,2-3,10H2,1H3,(H2,18,21)/t12-/m0/s1. The summed E-state index contributed by atoms with van der Waals surface area (Å²) in [4.78, 5) is 14.8. The molecule has 0 radical (unpaired) electrons. The van der Waals surface area contributed by atoms with E-state index in [0.29, 0.717) is 18.1 Å². The van der Waals surface area contributed by atoms with Crippen molar-refractivity contribution in [2.24, 2.45) is 11.7 Å². The van der Waals surface area contributed by atoms with Crippen LogP contribution in [0.1, 0.15) is 25.3 Å². The Balaban J connectivity index is 1.87. The summed E-state index contributed by atoms with van der Waals surface area (Å²) < 4.78 is 5.58. The molecule has 0 saturated heterocycles. The molecule has 5 heteroatoms. The normalized spacial score (nSPS) is 11.9. The SMILES string of the molecule is C[C@@H](CCc1ccc(Oc2ccc(O)cn2)cc1)CC(N)=O. The maximum atomic E-state index is 10.8. The van der Waals surface area contributed by atoms with E-state index in [1.807, 2.05) is 31.2 Å². The molecule has 0 spiro atoms. The van der Waals surface area contributed by atoms with Crippen molar-refractivity contribution in [2.75, 3.05) is 0 Å². The molecule has 0 aliphatic heterocycles. The van der Waals surface area contributed by atoms with Crippen LogP contribution in [0.4, 0.5) is 0 Å². The van der Waals surface area contributed by atoms with Crippen molar-refractivity contribution < 1.29 is 14.6 Å². The van der Waals surface area contributed by atoms with Gasteiger partial charge in [0.1, 0.15) is 11.5 Å². The number of carbonyl (C=O) groups excluding carboxylic acids is 1. The third-order valence-electron chi connectivity index (χ3n) is 3.34. The van der Waals surface area contributed by atoms with Crippen LogP contribution in [-0.4, -0.2) is 16.0 Å². The van der Waals surface area contributed by atoms with Crippen molar-refractivity contribution in [3.05, 3.63) is 48.2 Å². The summed E-state index contributed by atoms with van der Waals surface area (Å²) in [5.74, 6) is 1.26. The number of hydrogen-bond acceptors (Lipinski definition) is 4. The molecule has 0 fully saturated rings. The van der Waals surface area contributed by atoms with E-state index in [-0.39, 0.29) is 17.6 Å². The molecular formula is C17H20N2O3. The van der Waals surface area contributed by atoms with Gasteiger partial charge in [-0.25, -0.2) is 4.98 Å². The van der Waals surface area contributed by atoms with Crippen LogP contribution in [0.5, 0.6) is 17.4 Å². The number of aryl methyl sites for hydroxylation is 1. The van der Waals surface area contributed by atoms with Gasteiger partial charge in [0, 0.05) is 12.5 Å². The van der Waals surface area contributed by atoms with Crippen LogP contribution in [-0.2, 0) is 11.2 Å². The van der Waals surface area contributed by atoms with Crippen molar-refractivity contribution in [1.29, 1.82) is 0 Å². The van der Waals surface area contributed by atoms with Crippen LogP contribution in [0.3, 0.4) is 0 Å². The summed E-state index contributed by atoms with van der Waals surface area (Å²) in [7, 11) is 0. The van der Waals surface area contributed by atoms with Gasteiger partial charge >= 0.3 is 0 Å². The number of primary amides is 1. The zero-order valence-electron chi connectivity index (χ0n) is 12.5. The highest BCUT2D eigenvalue weighted by molar-refractivity contribution is 5.73. The molecule has 0 unspecified atom stereocenters. The van der Waals surface area contributed by atoms with Gasteiger partial charge in [-0.15, -0.1) is 0 Å². The molecule has 3 N–H and O–H groups in total. The largest absolute Gasteiger partial charge is 0.506 e. The van der Waals surface area contributed by atoms with Crippen molar-refractivity contribution in [1.82, 2.24) is 4.98 Å². The van der Waals surface area contributed by atoms with Gasteiger partial charge in [0.15, 0.2) is 0 Å². The fourth-order valence-corrected chi connectivity index (χ4v) is 2.14. The van der Waals surface area contributed by atoms with Crippen LogP contribution >= 0.6 is 0 Å². The Bertz CT molecular complexity index is 609. The minimum Gasteiger partial charge on any atom is -0.506 e. The maximum Gasteiger partial charge on any atom is 0.219 e. The summed E-state index contributed by atoms with van der Waals surface area (Å²) >= 11 is 0. The Kier molecular flexibility index (Phi) is 5.36. The van der Waals surface area contributed by atoms with Gasteiger partial charge in [-0.05, 0) is 42.5 Å². The molecule has 0 saturated carbocycles. The average Bonchev–Trinajstić information content (AvgIpc) is 2.48. The molecule has 1 heterocycles. The van der Waals surface area contributed by atoms with Gasteiger partial charge in [-0.2, -0.15) is 0 Å². The molecule has 0 aliphatic rings. The molecule has 1 aromatic carbocycles. The second-order valence-electron chi connectivity index (χ2n) is 5.41. The van der Waals surface area contributed by atoms with Crippen LogP contribution in [0, 0.1) is 5.92 Å². The van der Waals surface area contributed by atoms with Crippen LogP contribution < -0.4 is 10.5 Å². The second kappa shape index (κ2) is 7.45. The predicted octanol–water partition coefficient (Wildman–Crippen LogP) is 3.02. The van der Waals surface area contributed by atoms with Crippen molar-refractivity contribution in [2.45, 2.75) is 26.2 Å². The van der Waals surface area contributed by atoms with Crippen LogP contribution in [0.25, 0.3) is 0 Å². The summed E-state index contributed by atoms with van der Waals surface area (Å²) in [6.45, 7) is 2.03. The van der Waals surface area contributed by atoms with E-state index >= 15 is 0 Å². The molecule has 22 heavy (non-hydrogen) atoms. The zero-order chi connectivity index (χ0) is 15.9. The lowest BCUT2D eigenvalue weighted by Crippen LogP contribution is -2.15. The number of nitrogens with zero attached hydrogens (tertiary/aromatic N) is 1.